The number of halogens is 1. The van der Waals surface area contributed by atoms with Crippen LogP contribution in [-0.4, -0.2) is 28.0 Å². The van der Waals surface area contributed by atoms with Crippen molar-refractivity contribution in [3.63, 3.8) is 0 Å². The average Bonchev–Trinajstić information content (AvgIpc) is 2.32. The number of aromatic nitrogens is 2. The largest absolute Gasteiger partial charge is 0.395 e. The molecule has 0 aliphatic heterocycles. The van der Waals surface area contributed by atoms with Gasteiger partial charge in [0.15, 0.2) is 0 Å². The van der Waals surface area contributed by atoms with E-state index in [2.05, 4.69) is 10.4 Å². The molecular weight excluding hydrogens is 190 g/mol. The van der Waals surface area contributed by atoms with Crippen molar-refractivity contribution in [2.75, 3.05) is 13.2 Å². The van der Waals surface area contributed by atoms with Gasteiger partial charge in [0.1, 0.15) is 5.15 Å². The molecule has 0 aliphatic carbocycles. The number of rotatable bonds is 4. The Labute approximate surface area is 82.5 Å². The van der Waals surface area contributed by atoms with Crippen LogP contribution in [0.15, 0.2) is 0 Å². The molecule has 1 aromatic rings. The number of nitrogens with one attached hydrogen (secondary N) is 1. The molecule has 4 nitrogen and oxygen atoms in total. The Morgan fingerprint density at radius 3 is 2.77 bits per heavy atom. The standard InChI is InChI=1S/C8H14ClN3O/c1-6-7(5-10-3-4-13)8(9)12(2)11-6/h10,13H,3-5H2,1-2H3. The van der Waals surface area contributed by atoms with E-state index in [-0.39, 0.29) is 6.61 Å². The summed E-state index contributed by atoms with van der Waals surface area (Å²) in [5, 5.41) is 16.5. The number of nitrogens with zero attached hydrogens (tertiary/aromatic N) is 2. The fourth-order valence-electron chi connectivity index (χ4n) is 1.17. The summed E-state index contributed by atoms with van der Waals surface area (Å²) in [4.78, 5) is 0. The van der Waals surface area contributed by atoms with Gasteiger partial charge in [-0.15, -0.1) is 0 Å². The molecule has 0 amide bonds. The summed E-state index contributed by atoms with van der Waals surface area (Å²) in [5.74, 6) is 0. The zero-order valence-electron chi connectivity index (χ0n) is 7.84. The van der Waals surface area contributed by atoms with Crippen LogP contribution in [0.4, 0.5) is 0 Å². The smallest absolute Gasteiger partial charge is 0.131 e. The van der Waals surface area contributed by atoms with Crippen molar-refractivity contribution in [2.24, 2.45) is 7.05 Å². The first kappa shape index (κ1) is 10.5. The Kier molecular flexibility index (Phi) is 3.71. The zero-order chi connectivity index (χ0) is 9.84. The van der Waals surface area contributed by atoms with E-state index in [1.807, 2.05) is 14.0 Å². The van der Waals surface area contributed by atoms with Crippen molar-refractivity contribution in [1.82, 2.24) is 15.1 Å². The second-order valence-corrected chi connectivity index (χ2v) is 3.24. The SMILES string of the molecule is Cc1nn(C)c(Cl)c1CNCCO. The van der Waals surface area contributed by atoms with Gasteiger partial charge in [0.2, 0.25) is 0 Å². The molecule has 1 heterocycles. The molecule has 0 fully saturated rings. The molecule has 0 saturated heterocycles. The van der Waals surface area contributed by atoms with Crippen LogP contribution >= 0.6 is 11.6 Å². The summed E-state index contributed by atoms with van der Waals surface area (Å²) < 4.78 is 1.65. The highest BCUT2D eigenvalue weighted by Gasteiger charge is 2.09. The lowest BCUT2D eigenvalue weighted by Crippen LogP contribution is -2.17. The van der Waals surface area contributed by atoms with Crippen LogP contribution < -0.4 is 5.32 Å². The lowest BCUT2D eigenvalue weighted by molar-refractivity contribution is 0.292. The quantitative estimate of drug-likeness (QED) is 0.700. The molecule has 1 rings (SSSR count). The summed E-state index contributed by atoms with van der Waals surface area (Å²) in [6.45, 7) is 3.28. The monoisotopic (exact) mass is 203 g/mol. The van der Waals surface area contributed by atoms with E-state index in [9.17, 15) is 0 Å². The van der Waals surface area contributed by atoms with Gasteiger partial charge in [0.25, 0.3) is 0 Å². The number of aryl methyl sites for hydroxylation is 2. The molecule has 0 saturated carbocycles. The van der Waals surface area contributed by atoms with E-state index < -0.39 is 0 Å². The summed E-state index contributed by atoms with van der Waals surface area (Å²) >= 11 is 5.99. The summed E-state index contributed by atoms with van der Waals surface area (Å²) in [6.07, 6.45) is 0. The van der Waals surface area contributed by atoms with Crippen LogP contribution in [0.1, 0.15) is 11.3 Å². The van der Waals surface area contributed by atoms with Crippen LogP contribution in [0.5, 0.6) is 0 Å². The molecule has 2 N–H and O–H groups in total. The maximum atomic E-state index is 8.57. The van der Waals surface area contributed by atoms with Gasteiger partial charge in [0, 0.05) is 25.7 Å². The third-order valence-corrected chi connectivity index (χ3v) is 2.33. The Bertz CT molecular complexity index is 285. The highest BCUT2D eigenvalue weighted by Crippen LogP contribution is 2.17. The Morgan fingerprint density at radius 2 is 2.31 bits per heavy atom. The lowest BCUT2D eigenvalue weighted by Gasteiger charge is -2.01. The van der Waals surface area contributed by atoms with Gasteiger partial charge < -0.3 is 10.4 Å². The second-order valence-electron chi connectivity index (χ2n) is 2.88. The first-order chi connectivity index (χ1) is 6.16. The van der Waals surface area contributed by atoms with Gasteiger partial charge in [-0.05, 0) is 6.92 Å². The van der Waals surface area contributed by atoms with Gasteiger partial charge in [-0.1, -0.05) is 11.6 Å². The topological polar surface area (TPSA) is 50.1 Å². The molecule has 0 aliphatic rings. The molecule has 0 unspecified atom stereocenters. The molecule has 1 aromatic heterocycles. The van der Waals surface area contributed by atoms with Crippen molar-refractivity contribution in [3.8, 4) is 0 Å². The molecule has 13 heavy (non-hydrogen) atoms. The summed E-state index contributed by atoms with van der Waals surface area (Å²) in [6, 6.07) is 0. The zero-order valence-corrected chi connectivity index (χ0v) is 8.60. The average molecular weight is 204 g/mol. The van der Waals surface area contributed by atoms with Crippen LogP contribution in [0, 0.1) is 6.92 Å². The molecule has 0 radical (unpaired) electrons. The molecule has 0 spiro atoms. The second kappa shape index (κ2) is 4.60. The molecule has 74 valence electrons. The van der Waals surface area contributed by atoms with Crippen LogP contribution in [-0.2, 0) is 13.6 Å². The van der Waals surface area contributed by atoms with Crippen LogP contribution in [0.2, 0.25) is 5.15 Å². The first-order valence-corrected chi connectivity index (χ1v) is 4.54. The first-order valence-electron chi connectivity index (χ1n) is 4.16. The van der Waals surface area contributed by atoms with Gasteiger partial charge in [-0.25, -0.2) is 0 Å². The normalized spacial score (nSPS) is 10.8. The van der Waals surface area contributed by atoms with E-state index in [1.165, 1.54) is 0 Å². The van der Waals surface area contributed by atoms with Crippen LogP contribution in [0.25, 0.3) is 0 Å². The van der Waals surface area contributed by atoms with Crippen molar-refractivity contribution in [2.45, 2.75) is 13.5 Å². The number of aliphatic hydroxyl groups excluding tert-OH is 1. The van der Waals surface area contributed by atoms with Gasteiger partial charge >= 0.3 is 0 Å². The Balaban J connectivity index is 2.64. The predicted molar refractivity (Wildman–Crippen MR) is 51.7 cm³/mol. The minimum absolute atomic E-state index is 0.136. The molecule has 0 atom stereocenters. The minimum atomic E-state index is 0.136. The van der Waals surface area contributed by atoms with E-state index in [4.69, 9.17) is 16.7 Å². The fraction of sp³-hybridized carbons (Fsp3) is 0.625. The summed E-state index contributed by atoms with van der Waals surface area (Å²) in [7, 11) is 1.81. The highest BCUT2D eigenvalue weighted by atomic mass is 35.5. The fourth-order valence-corrected chi connectivity index (χ4v) is 1.41. The Hall–Kier alpha value is -0.580. The maximum Gasteiger partial charge on any atom is 0.131 e. The van der Waals surface area contributed by atoms with Crippen molar-refractivity contribution >= 4 is 11.6 Å². The highest BCUT2D eigenvalue weighted by molar-refractivity contribution is 6.30. The maximum absolute atomic E-state index is 8.57. The van der Waals surface area contributed by atoms with Crippen LogP contribution in [0.3, 0.4) is 0 Å². The van der Waals surface area contributed by atoms with Crippen molar-refractivity contribution in [3.05, 3.63) is 16.4 Å². The molecule has 5 heteroatoms. The minimum Gasteiger partial charge on any atom is -0.395 e. The van der Waals surface area contributed by atoms with E-state index in [0.717, 1.165) is 11.3 Å². The number of hydrogen-bond acceptors (Lipinski definition) is 3. The number of hydrogen-bond donors (Lipinski definition) is 2. The van der Waals surface area contributed by atoms with Crippen molar-refractivity contribution < 1.29 is 5.11 Å². The van der Waals surface area contributed by atoms with Crippen molar-refractivity contribution in [1.29, 1.82) is 0 Å². The molecular formula is C8H14ClN3O. The third-order valence-electron chi connectivity index (χ3n) is 1.86. The molecule has 0 aromatic carbocycles. The van der Waals surface area contributed by atoms with E-state index in [0.29, 0.717) is 18.2 Å². The Morgan fingerprint density at radius 1 is 1.62 bits per heavy atom. The van der Waals surface area contributed by atoms with Gasteiger partial charge in [-0.2, -0.15) is 5.10 Å². The third kappa shape index (κ3) is 2.43. The van der Waals surface area contributed by atoms with E-state index in [1.54, 1.807) is 4.68 Å². The summed E-state index contributed by atoms with van der Waals surface area (Å²) in [5.41, 5.74) is 1.93. The number of aliphatic hydroxyl groups is 1. The van der Waals surface area contributed by atoms with E-state index >= 15 is 0 Å². The lowest BCUT2D eigenvalue weighted by atomic mass is 10.2. The van der Waals surface area contributed by atoms with Gasteiger partial charge in [-0.3, -0.25) is 4.68 Å². The van der Waals surface area contributed by atoms with Gasteiger partial charge in [0.05, 0.1) is 12.3 Å². The predicted octanol–water partition coefficient (Wildman–Crippen LogP) is 0.464. The molecule has 0 bridgehead atoms.